The monoisotopic (exact) mass is 282 g/mol. The van der Waals surface area contributed by atoms with Crippen LogP contribution in [0.5, 0.6) is 0 Å². The summed E-state index contributed by atoms with van der Waals surface area (Å²) < 4.78 is 5.23. The summed E-state index contributed by atoms with van der Waals surface area (Å²) in [6, 6.07) is 6.42. The lowest BCUT2D eigenvalue weighted by Gasteiger charge is -2.29. The van der Waals surface area contributed by atoms with Gasteiger partial charge in [0.15, 0.2) is 0 Å². The van der Waals surface area contributed by atoms with Crippen molar-refractivity contribution in [1.29, 1.82) is 0 Å². The van der Waals surface area contributed by atoms with E-state index >= 15 is 0 Å². The third kappa shape index (κ3) is 4.71. The fourth-order valence-corrected chi connectivity index (χ4v) is 2.85. The van der Waals surface area contributed by atoms with Gasteiger partial charge in [-0.2, -0.15) is 0 Å². The van der Waals surface area contributed by atoms with E-state index in [1.54, 1.807) is 18.9 Å². The number of hydrogen-bond donors (Lipinski definition) is 1. The number of anilines is 1. The first-order chi connectivity index (χ1) is 9.13. The summed E-state index contributed by atoms with van der Waals surface area (Å²) in [5.41, 5.74) is 8.45. The predicted molar refractivity (Wildman–Crippen MR) is 85.0 cm³/mol. The smallest absolute Gasteiger partial charge is 0.0637 e. The highest BCUT2D eigenvalue weighted by molar-refractivity contribution is 7.98. The Labute approximate surface area is 121 Å². The first-order valence-corrected chi connectivity index (χ1v) is 7.96. The number of benzene rings is 1. The third-order valence-electron chi connectivity index (χ3n) is 3.02. The molecule has 0 fully saturated rings. The molecule has 1 rings (SSSR count). The molecule has 108 valence electrons. The molecule has 0 spiro atoms. The van der Waals surface area contributed by atoms with E-state index in [-0.39, 0.29) is 0 Å². The fraction of sp³-hybridized carbons (Fsp3) is 0.600. The van der Waals surface area contributed by atoms with Crippen molar-refractivity contribution >= 4 is 17.4 Å². The Hall–Kier alpha value is -0.710. The number of hydrogen-bond acceptors (Lipinski definition) is 4. The van der Waals surface area contributed by atoms with Crippen LogP contribution in [-0.4, -0.2) is 33.1 Å². The van der Waals surface area contributed by atoms with Crippen LogP contribution in [-0.2, 0) is 11.3 Å². The lowest BCUT2D eigenvalue weighted by atomic mass is 10.1. The van der Waals surface area contributed by atoms with E-state index in [0.29, 0.717) is 12.5 Å². The second kappa shape index (κ2) is 8.46. The largest absolute Gasteiger partial charge is 0.383 e. The minimum Gasteiger partial charge on any atom is -0.383 e. The third-order valence-corrected chi connectivity index (χ3v) is 3.85. The van der Waals surface area contributed by atoms with Crippen LogP contribution >= 0.6 is 11.8 Å². The molecule has 0 unspecified atom stereocenters. The van der Waals surface area contributed by atoms with Crippen LogP contribution in [0.25, 0.3) is 0 Å². The van der Waals surface area contributed by atoms with Gasteiger partial charge >= 0.3 is 0 Å². The Morgan fingerprint density at radius 2 is 2.11 bits per heavy atom. The summed E-state index contributed by atoms with van der Waals surface area (Å²) >= 11 is 1.76. The van der Waals surface area contributed by atoms with Gasteiger partial charge in [0.05, 0.1) is 6.61 Å². The molecule has 19 heavy (non-hydrogen) atoms. The topological polar surface area (TPSA) is 38.5 Å². The van der Waals surface area contributed by atoms with Gasteiger partial charge in [-0.15, -0.1) is 11.8 Å². The highest BCUT2D eigenvalue weighted by Gasteiger charge is 2.14. The van der Waals surface area contributed by atoms with Gasteiger partial charge in [0.2, 0.25) is 0 Å². The minimum atomic E-state index is 0.577. The molecular formula is C15H26N2OS. The van der Waals surface area contributed by atoms with Gasteiger partial charge in [0.25, 0.3) is 0 Å². The zero-order valence-electron chi connectivity index (χ0n) is 12.5. The van der Waals surface area contributed by atoms with Crippen LogP contribution < -0.4 is 10.6 Å². The molecular weight excluding hydrogens is 256 g/mol. The van der Waals surface area contributed by atoms with Crippen LogP contribution in [0, 0.1) is 5.92 Å². The molecule has 0 saturated carbocycles. The van der Waals surface area contributed by atoms with Crippen LogP contribution in [0.2, 0.25) is 0 Å². The highest BCUT2D eigenvalue weighted by Crippen LogP contribution is 2.29. The first kappa shape index (κ1) is 16.3. The second-order valence-electron chi connectivity index (χ2n) is 4.99. The number of methoxy groups -OCH3 is 1. The quantitative estimate of drug-likeness (QED) is 0.744. The van der Waals surface area contributed by atoms with Crippen LogP contribution in [0.4, 0.5) is 5.69 Å². The maximum absolute atomic E-state index is 5.95. The van der Waals surface area contributed by atoms with Gasteiger partial charge < -0.3 is 15.4 Å². The van der Waals surface area contributed by atoms with Gasteiger partial charge in [-0.1, -0.05) is 19.9 Å². The van der Waals surface area contributed by atoms with Gasteiger partial charge in [0.1, 0.15) is 0 Å². The number of thioether (sulfide) groups is 1. The van der Waals surface area contributed by atoms with E-state index in [1.807, 2.05) is 0 Å². The van der Waals surface area contributed by atoms with Crippen LogP contribution in [0.3, 0.4) is 0 Å². The normalized spacial score (nSPS) is 11.1. The summed E-state index contributed by atoms with van der Waals surface area (Å²) in [4.78, 5) is 3.65. The molecule has 0 aliphatic carbocycles. The zero-order valence-corrected chi connectivity index (χ0v) is 13.3. The summed E-state index contributed by atoms with van der Waals surface area (Å²) in [6.07, 6.45) is 2.10. The van der Waals surface area contributed by atoms with E-state index in [4.69, 9.17) is 10.5 Å². The lowest BCUT2D eigenvalue weighted by Crippen LogP contribution is -2.32. The molecule has 0 saturated heterocycles. The van der Waals surface area contributed by atoms with Gasteiger partial charge in [-0.3, -0.25) is 0 Å². The molecule has 0 bridgehead atoms. The van der Waals surface area contributed by atoms with Gasteiger partial charge in [-0.25, -0.2) is 0 Å². The molecule has 4 heteroatoms. The molecule has 0 aliphatic rings. The van der Waals surface area contributed by atoms with Crippen molar-refractivity contribution in [3.8, 4) is 0 Å². The Balaban J connectivity index is 3.05. The van der Waals surface area contributed by atoms with Gasteiger partial charge in [0, 0.05) is 42.9 Å². The lowest BCUT2D eigenvalue weighted by molar-refractivity contribution is 0.204. The Kier molecular flexibility index (Phi) is 7.28. The highest BCUT2D eigenvalue weighted by atomic mass is 32.2. The van der Waals surface area contributed by atoms with E-state index in [0.717, 1.165) is 19.7 Å². The molecule has 1 aromatic carbocycles. The van der Waals surface area contributed by atoms with Crippen molar-refractivity contribution in [3.63, 3.8) is 0 Å². The Morgan fingerprint density at radius 1 is 1.37 bits per heavy atom. The Bertz CT molecular complexity index is 382. The van der Waals surface area contributed by atoms with Gasteiger partial charge in [-0.05, 0) is 24.3 Å². The van der Waals surface area contributed by atoms with Crippen molar-refractivity contribution < 1.29 is 4.74 Å². The van der Waals surface area contributed by atoms with Crippen molar-refractivity contribution in [3.05, 3.63) is 23.8 Å². The number of ether oxygens (including phenoxy) is 1. The zero-order chi connectivity index (χ0) is 14.3. The van der Waals surface area contributed by atoms with Crippen molar-refractivity contribution in [2.24, 2.45) is 11.7 Å². The molecule has 0 aliphatic heterocycles. The maximum Gasteiger partial charge on any atom is 0.0637 e. The standard InChI is InChI=1S/C15H26N2OS/c1-12(2)11-17(8-9-18-3)14-6-5-7-15(19-4)13(14)10-16/h5-7,12H,8-11,16H2,1-4H3. The number of nitrogens with zero attached hydrogens (tertiary/aromatic N) is 1. The summed E-state index contributed by atoms with van der Waals surface area (Å²) in [7, 11) is 1.75. The maximum atomic E-state index is 5.95. The predicted octanol–water partition coefficient (Wildman–Crippen LogP) is 2.98. The number of rotatable bonds is 8. The van der Waals surface area contributed by atoms with Crippen molar-refractivity contribution in [2.75, 3.05) is 38.0 Å². The summed E-state index contributed by atoms with van der Waals surface area (Å²) in [6.45, 7) is 7.71. The average molecular weight is 282 g/mol. The molecule has 0 atom stereocenters. The van der Waals surface area contributed by atoms with Crippen LogP contribution in [0.15, 0.2) is 23.1 Å². The van der Waals surface area contributed by atoms with E-state index in [2.05, 4.69) is 43.2 Å². The Morgan fingerprint density at radius 3 is 2.63 bits per heavy atom. The molecule has 1 aromatic rings. The summed E-state index contributed by atoms with van der Waals surface area (Å²) in [5, 5.41) is 0. The molecule has 0 aromatic heterocycles. The molecule has 2 N–H and O–H groups in total. The fourth-order valence-electron chi connectivity index (χ4n) is 2.20. The van der Waals surface area contributed by atoms with E-state index in [1.165, 1.54) is 16.1 Å². The second-order valence-corrected chi connectivity index (χ2v) is 5.84. The molecule has 0 heterocycles. The first-order valence-electron chi connectivity index (χ1n) is 6.73. The molecule has 0 amide bonds. The minimum absolute atomic E-state index is 0.577. The van der Waals surface area contributed by atoms with E-state index in [9.17, 15) is 0 Å². The number of nitrogens with two attached hydrogens (primary N) is 1. The average Bonchev–Trinajstić information content (AvgIpc) is 2.41. The van der Waals surface area contributed by atoms with Crippen molar-refractivity contribution in [1.82, 2.24) is 0 Å². The molecule has 3 nitrogen and oxygen atoms in total. The SMILES string of the molecule is COCCN(CC(C)C)c1cccc(SC)c1CN. The van der Waals surface area contributed by atoms with E-state index < -0.39 is 0 Å². The molecule has 0 radical (unpaired) electrons. The summed E-state index contributed by atoms with van der Waals surface area (Å²) in [5.74, 6) is 0.611. The van der Waals surface area contributed by atoms with Crippen molar-refractivity contribution in [2.45, 2.75) is 25.3 Å². The van der Waals surface area contributed by atoms with Crippen LogP contribution in [0.1, 0.15) is 19.4 Å².